The molecule has 1 fully saturated rings. The van der Waals surface area contributed by atoms with Gasteiger partial charge in [0.25, 0.3) is 0 Å². The summed E-state index contributed by atoms with van der Waals surface area (Å²) >= 11 is 0. The number of benzene rings is 2. The van der Waals surface area contributed by atoms with Crippen LogP contribution in [0.15, 0.2) is 60.7 Å². The van der Waals surface area contributed by atoms with Gasteiger partial charge in [-0.25, -0.2) is 0 Å². The van der Waals surface area contributed by atoms with Gasteiger partial charge in [-0.1, -0.05) is 74.5 Å². The van der Waals surface area contributed by atoms with Crippen molar-refractivity contribution in [2.24, 2.45) is 11.7 Å². The zero-order valence-electron chi connectivity index (χ0n) is 21.5. The van der Waals surface area contributed by atoms with Gasteiger partial charge in [0.1, 0.15) is 12.1 Å². The number of esters is 1. The molecule has 1 saturated heterocycles. The molecule has 9 nitrogen and oxygen atoms in total. The number of aryl methyl sites for hydroxylation is 1. The van der Waals surface area contributed by atoms with E-state index in [1.807, 2.05) is 60.7 Å². The average molecular weight is 510 g/mol. The number of carbonyl (C=O) groups is 4. The van der Waals surface area contributed by atoms with E-state index in [1.54, 1.807) is 13.8 Å². The third-order valence-corrected chi connectivity index (χ3v) is 6.29. The SMILES string of the molecule is CC(C)[C@H](N)C(=O)N(C(=O)CCc1ccccc1)[C@@H](C)C(=O)NC1CC(=O)OC1OCc1ccccc1. The number of nitrogens with zero attached hydrogens (tertiary/aromatic N) is 1. The summed E-state index contributed by atoms with van der Waals surface area (Å²) in [6, 6.07) is 15.9. The van der Waals surface area contributed by atoms with Gasteiger partial charge in [0.2, 0.25) is 24.0 Å². The molecule has 198 valence electrons. The smallest absolute Gasteiger partial charge is 0.310 e. The van der Waals surface area contributed by atoms with E-state index in [4.69, 9.17) is 15.2 Å². The number of imide groups is 1. The van der Waals surface area contributed by atoms with E-state index in [2.05, 4.69) is 5.32 Å². The first-order valence-electron chi connectivity index (χ1n) is 12.5. The van der Waals surface area contributed by atoms with Crippen LogP contribution in [0.3, 0.4) is 0 Å². The standard InChI is InChI=1S/C28H35N3O6/c1-18(2)25(29)27(35)31(23(32)15-14-20-10-6-4-7-11-20)19(3)26(34)30-22-16-24(33)37-28(22)36-17-21-12-8-5-9-13-21/h4-13,18-19,22,25,28H,14-17,29H2,1-3H3,(H,30,34)/t19-,22?,25-,28?/m0/s1. The van der Waals surface area contributed by atoms with Crippen LogP contribution in [0.1, 0.15) is 44.7 Å². The number of carbonyl (C=O) groups excluding carboxylic acids is 4. The van der Waals surface area contributed by atoms with Gasteiger partial charge in [0, 0.05) is 6.42 Å². The molecule has 0 saturated carbocycles. The molecule has 1 aliphatic rings. The van der Waals surface area contributed by atoms with Crippen molar-refractivity contribution in [3.63, 3.8) is 0 Å². The lowest BCUT2D eigenvalue weighted by Crippen LogP contribution is -2.58. The second-order valence-electron chi connectivity index (χ2n) is 9.51. The Morgan fingerprint density at radius 2 is 1.62 bits per heavy atom. The summed E-state index contributed by atoms with van der Waals surface area (Å²) in [5.74, 6) is -2.46. The fourth-order valence-electron chi connectivity index (χ4n) is 3.97. The predicted octanol–water partition coefficient (Wildman–Crippen LogP) is 2.32. The van der Waals surface area contributed by atoms with Crippen molar-refractivity contribution < 1.29 is 28.7 Å². The molecule has 2 unspecified atom stereocenters. The molecule has 2 aromatic carbocycles. The highest BCUT2D eigenvalue weighted by molar-refractivity contribution is 6.02. The van der Waals surface area contributed by atoms with Gasteiger partial charge in [-0.05, 0) is 30.4 Å². The fourth-order valence-corrected chi connectivity index (χ4v) is 3.97. The molecule has 4 atom stereocenters. The lowest BCUT2D eigenvalue weighted by atomic mass is 10.0. The summed E-state index contributed by atoms with van der Waals surface area (Å²) in [5, 5.41) is 2.73. The number of hydrogen-bond donors (Lipinski definition) is 2. The normalized spacial score (nSPS) is 18.7. The maximum absolute atomic E-state index is 13.2. The molecule has 2 aromatic rings. The Kier molecular flexibility index (Phi) is 9.93. The summed E-state index contributed by atoms with van der Waals surface area (Å²) in [6.07, 6.45) is -0.625. The zero-order valence-corrected chi connectivity index (χ0v) is 21.5. The summed E-state index contributed by atoms with van der Waals surface area (Å²) in [4.78, 5) is 52.5. The van der Waals surface area contributed by atoms with Gasteiger partial charge >= 0.3 is 5.97 Å². The molecule has 0 bridgehead atoms. The fraction of sp³-hybridized carbons (Fsp3) is 0.429. The van der Waals surface area contributed by atoms with Crippen LogP contribution >= 0.6 is 0 Å². The van der Waals surface area contributed by atoms with Crippen LogP contribution in [0.4, 0.5) is 0 Å². The molecular formula is C28H35N3O6. The minimum atomic E-state index is -1.15. The quantitative estimate of drug-likeness (QED) is 0.445. The van der Waals surface area contributed by atoms with E-state index in [1.165, 1.54) is 6.92 Å². The first-order chi connectivity index (χ1) is 17.7. The van der Waals surface area contributed by atoms with Crippen molar-refractivity contribution in [3.8, 4) is 0 Å². The largest absolute Gasteiger partial charge is 0.433 e. The Balaban J connectivity index is 1.69. The summed E-state index contributed by atoms with van der Waals surface area (Å²) < 4.78 is 11.0. The number of hydrogen-bond acceptors (Lipinski definition) is 7. The van der Waals surface area contributed by atoms with E-state index in [-0.39, 0.29) is 25.4 Å². The van der Waals surface area contributed by atoms with Crippen molar-refractivity contribution in [2.45, 2.75) is 71.1 Å². The van der Waals surface area contributed by atoms with Crippen LogP contribution < -0.4 is 11.1 Å². The second kappa shape index (κ2) is 13.1. The molecule has 3 amide bonds. The molecule has 0 aliphatic carbocycles. The molecule has 0 aromatic heterocycles. The summed E-state index contributed by atoms with van der Waals surface area (Å²) in [7, 11) is 0. The topological polar surface area (TPSA) is 128 Å². The lowest BCUT2D eigenvalue weighted by molar-refractivity contribution is -0.168. The van der Waals surface area contributed by atoms with Crippen LogP contribution in [0.5, 0.6) is 0 Å². The third-order valence-electron chi connectivity index (χ3n) is 6.29. The Labute approximate surface area is 217 Å². The molecule has 37 heavy (non-hydrogen) atoms. The van der Waals surface area contributed by atoms with Crippen LogP contribution in [0, 0.1) is 5.92 Å². The zero-order chi connectivity index (χ0) is 26.9. The first kappa shape index (κ1) is 28.0. The number of rotatable bonds is 11. The molecule has 0 spiro atoms. The molecule has 1 heterocycles. The Morgan fingerprint density at radius 1 is 1.03 bits per heavy atom. The van der Waals surface area contributed by atoms with E-state index >= 15 is 0 Å². The Bertz CT molecular complexity index is 1080. The maximum atomic E-state index is 13.2. The van der Waals surface area contributed by atoms with E-state index < -0.39 is 48.1 Å². The predicted molar refractivity (Wildman–Crippen MR) is 137 cm³/mol. The van der Waals surface area contributed by atoms with Crippen LogP contribution in [0.2, 0.25) is 0 Å². The van der Waals surface area contributed by atoms with Gasteiger partial charge in [-0.15, -0.1) is 0 Å². The van der Waals surface area contributed by atoms with Crippen molar-refractivity contribution in [1.82, 2.24) is 10.2 Å². The number of nitrogens with two attached hydrogens (primary N) is 1. The van der Waals surface area contributed by atoms with E-state index in [0.29, 0.717) is 6.42 Å². The van der Waals surface area contributed by atoms with Gasteiger partial charge in [-0.3, -0.25) is 24.1 Å². The number of cyclic esters (lactones) is 1. The highest BCUT2D eigenvalue weighted by Crippen LogP contribution is 2.19. The van der Waals surface area contributed by atoms with E-state index in [9.17, 15) is 19.2 Å². The monoisotopic (exact) mass is 509 g/mol. The van der Waals surface area contributed by atoms with Crippen LogP contribution in [-0.2, 0) is 41.7 Å². The van der Waals surface area contributed by atoms with Gasteiger partial charge in [0.05, 0.1) is 19.1 Å². The van der Waals surface area contributed by atoms with Gasteiger partial charge < -0.3 is 20.5 Å². The highest BCUT2D eigenvalue weighted by Gasteiger charge is 2.40. The third kappa shape index (κ3) is 7.71. The molecule has 1 aliphatic heterocycles. The molecule has 3 rings (SSSR count). The first-order valence-corrected chi connectivity index (χ1v) is 12.5. The van der Waals surface area contributed by atoms with Crippen LogP contribution in [-0.4, -0.2) is 53.0 Å². The molecule has 9 heteroatoms. The molecule has 3 N–H and O–H groups in total. The lowest BCUT2D eigenvalue weighted by Gasteiger charge is -2.31. The minimum absolute atomic E-state index is 0.0338. The molecule has 0 radical (unpaired) electrons. The van der Waals surface area contributed by atoms with Gasteiger partial charge in [-0.2, -0.15) is 0 Å². The van der Waals surface area contributed by atoms with Crippen molar-refractivity contribution in [2.75, 3.05) is 0 Å². The Morgan fingerprint density at radius 3 is 2.22 bits per heavy atom. The summed E-state index contributed by atoms with van der Waals surface area (Å²) in [5.41, 5.74) is 7.90. The molecular weight excluding hydrogens is 474 g/mol. The second-order valence-corrected chi connectivity index (χ2v) is 9.51. The number of amides is 3. The van der Waals surface area contributed by atoms with Crippen LogP contribution in [0.25, 0.3) is 0 Å². The Hall–Kier alpha value is -3.56. The van der Waals surface area contributed by atoms with Crippen molar-refractivity contribution >= 4 is 23.7 Å². The number of nitrogens with one attached hydrogen (secondary N) is 1. The number of ether oxygens (including phenoxy) is 2. The van der Waals surface area contributed by atoms with E-state index in [0.717, 1.165) is 16.0 Å². The highest BCUT2D eigenvalue weighted by atomic mass is 16.7. The maximum Gasteiger partial charge on any atom is 0.310 e. The van der Waals surface area contributed by atoms with Gasteiger partial charge in [0.15, 0.2) is 0 Å². The minimum Gasteiger partial charge on any atom is -0.433 e. The average Bonchev–Trinajstić information content (AvgIpc) is 3.25. The summed E-state index contributed by atoms with van der Waals surface area (Å²) in [6.45, 7) is 5.21. The van der Waals surface area contributed by atoms with Crippen molar-refractivity contribution in [3.05, 3.63) is 71.8 Å². The van der Waals surface area contributed by atoms with Crippen molar-refractivity contribution in [1.29, 1.82) is 0 Å².